The highest BCUT2D eigenvalue weighted by molar-refractivity contribution is 14.1. The van der Waals surface area contributed by atoms with E-state index >= 15 is 0 Å². The summed E-state index contributed by atoms with van der Waals surface area (Å²) in [5.41, 5.74) is 3.09. The van der Waals surface area contributed by atoms with Crippen molar-refractivity contribution in [2.75, 3.05) is 0 Å². The quantitative estimate of drug-likeness (QED) is 0.556. The van der Waals surface area contributed by atoms with Crippen LogP contribution in [-0.2, 0) is 0 Å². The highest BCUT2D eigenvalue weighted by Crippen LogP contribution is 2.23. The molecule has 0 bridgehead atoms. The molecule has 4 heteroatoms. The summed E-state index contributed by atoms with van der Waals surface area (Å²) in [6.07, 6.45) is 4.13. The first-order chi connectivity index (χ1) is 8.22. The van der Waals surface area contributed by atoms with E-state index in [4.69, 9.17) is 0 Å². The van der Waals surface area contributed by atoms with Crippen LogP contribution in [0.5, 0.6) is 0 Å². The van der Waals surface area contributed by atoms with Crippen LogP contribution in [-0.4, -0.2) is 9.38 Å². The van der Waals surface area contributed by atoms with Crippen LogP contribution < -0.4 is 0 Å². The zero-order chi connectivity index (χ0) is 11.8. The minimum atomic E-state index is 0.973. The molecule has 0 spiro atoms. The first-order valence-corrected chi connectivity index (χ1v) is 7.00. The molecule has 0 saturated heterocycles. The van der Waals surface area contributed by atoms with Gasteiger partial charge >= 0.3 is 0 Å². The SMILES string of the molecule is Brc1cccc(-c2cn3cc(I)ccc3n2)c1. The molecule has 0 aliphatic rings. The van der Waals surface area contributed by atoms with Crippen LogP contribution in [0.1, 0.15) is 0 Å². The summed E-state index contributed by atoms with van der Waals surface area (Å²) in [4.78, 5) is 4.60. The molecule has 84 valence electrons. The Morgan fingerprint density at radius 3 is 2.82 bits per heavy atom. The van der Waals surface area contributed by atoms with Crippen molar-refractivity contribution >= 4 is 44.2 Å². The minimum absolute atomic E-state index is 0.973. The molecule has 1 aromatic carbocycles. The molecule has 2 nitrogen and oxygen atoms in total. The molecular formula is C13H8BrIN2. The summed E-state index contributed by atoms with van der Waals surface area (Å²) >= 11 is 5.78. The molecule has 2 aromatic heterocycles. The second-order valence-corrected chi connectivity index (χ2v) is 5.91. The van der Waals surface area contributed by atoms with Crippen molar-refractivity contribution in [3.05, 3.63) is 56.8 Å². The molecule has 0 aliphatic carbocycles. The van der Waals surface area contributed by atoms with Gasteiger partial charge in [-0.25, -0.2) is 4.98 Å². The van der Waals surface area contributed by atoms with Crippen molar-refractivity contribution in [3.63, 3.8) is 0 Å². The number of halogens is 2. The number of pyridine rings is 1. The van der Waals surface area contributed by atoms with E-state index in [1.807, 2.05) is 18.2 Å². The van der Waals surface area contributed by atoms with E-state index in [0.717, 1.165) is 21.4 Å². The third kappa shape index (κ3) is 2.24. The summed E-state index contributed by atoms with van der Waals surface area (Å²) < 4.78 is 4.33. The average molecular weight is 399 g/mol. The van der Waals surface area contributed by atoms with E-state index in [2.05, 4.69) is 78.5 Å². The Morgan fingerprint density at radius 2 is 2.00 bits per heavy atom. The molecule has 3 rings (SSSR count). The molecule has 0 N–H and O–H groups in total. The molecule has 0 amide bonds. The van der Waals surface area contributed by atoms with E-state index < -0.39 is 0 Å². The van der Waals surface area contributed by atoms with Crippen LogP contribution in [0.4, 0.5) is 0 Å². The Balaban J connectivity index is 2.18. The number of fused-ring (bicyclic) bond motifs is 1. The van der Waals surface area contributed by atoms with Crippen molar-refractivity contribution < 1.29 is 0 Å². The van der Waals surface area contributed by atoms with Gasteiger partial charge in [0.25, 0.3) is 0 Å². The average Bonchev–Trinajstić information content (AvgIpc) is 2.72. The van der Waals surface area contributed by atoms with E-state index in [1.54, 1.807) is 0 Å². The van der Waals surface area contributed by atoms with E-state index in [0.29, 0.717) is 0 Å². The zero-order valence-electron chi connectivity index (χ0n) is 8.77. The second-order valence-electron chi connectivity index (χ2n) is 3.75. The molecule has 0 unspecified atom stereocenters. The van der Waals surface area contributed by atoms with Gasteiger partial charge in [-0.2, -0.15) is 0 Å². The normalized spacial score (nSPS) is 10.9. The number of nitrogens with zero attached hydrogens (tertiary/aromatic N) is 2. The number of aromatic nitrogens is 2. The molecule has 0 radical (unpaired) electrons. The fourth-order valence-corrected chi connectivity index (χ4v) is 2.63. The predicted octanol–water partition coefficient (Wildman–Crippen LogP) is 4.37. The zero-order valence-corrected chi connectivity index (χ0v) is 12.5. The molecule has 0 fully saturated rings. The van der Waals surface area contributed by atoms with Gasteiger partial charge in [0.15, 0.2) is 0 Å². The van der Waals surface area contributed by atoms with Crippen molar-refractivity contribution in [3.8, 4) is 11.3 Å². The molecule has 3 aromatic rings. The predicted molar refractivity (Wildman–Crippen MR) is 81.0 cm³/mol. The van der Waals surface area contributed by atoms with Gasteiger partial charge in [0, 0.05) is 26.0 Å². The fourth-order valence-electron chi connectivity index (χ4n) is 1.75. The standard InChI is InChI=1S/C13H8BrIN2/c14-10-3-1-2-9(6-10)12-8-17-7-11(15)4-5-13(17)16-12/h1-8H. The van der Waals surface area contributed by atoms with Crippen LogP contribution in [0.25, 0.3) is 16.9 Å². The summed E-state index contributed by atoms with van der Waals surface area (Å²) in [6, 6.07) is 12.3. The Bertz CT molecular complexity index is 691. The van der Waals surface area contributed by atoms with Crippen molar-refractivity contribution in [1.82, 2.24) is 9.38 Å². The highest BCUT2D eigenvalue weighted by Gasteiger charge is 2.04. The van der Waals surface area contributed by atoms with E-state index in [1.165, 1.54) is 3.57 Å². The maximum atomic E-state index is 4.60. The van der Waals surface area contributed by atoms with E-state index in [9.17, 15) is 0 Å². The van der Waals surface area contributed by atoms with Gasteiger partial charge in [0.1, 0.15) is 5.65 Å². The molecule has 0 atom stereocenters. The Hall–Kier alpha value is -0.880. The third-order valence-electron chi connectivity index (χ3n) is 2.54. The van der Waals surface area contributed by atoms with Gasteiger partial charge in [-0.15, -0.1) is 0 Å². The number of hydrogen-bond acceptors (Lipinski definition) is 1. The fraction of sp³-hybridized carbons (Fsp3) is 0. The topological polar surface area (TPSA) is 17.3 Å². The van der Waals surface area contributed by atoms with Gasteiger partial charge in [-0.3, -0.25) is 0 Å². The highest BCUT2D eigenvalue weighted by atomic mass is 127. The molecule has 17 heavy (non-hydrogen) atoms. The third-order valence-corrected chi connectivity index (χ3v) is 3.67. The van der Waals surface area contributed by atoms with Crippen molar-refractivity contribution in [2.45, 2.75) is 0 Å². The summed E-state index contributed by atoms with van der Waals surface area (Å²) in [5.74, 6) is 0. The molecule has 0 aliphatic heterocycles. The minimum Gasteiger partial charge on any atom is -0.305 e. The van der Waals surface area contributed by atoms with Crippen LogP contribution >= 0.6 is 38.5 Å². The van der Waals surface area contributed by atoms with Gasteiger partial charge in [-0.1, -0.05) is 28.1 Å². The molecule has 0 saturated carbocycles. The smallest absolute Gasteiger partial charge is 0.137 e. The summed E-state index contributed by atoms with van der Waals surface area (Å²) in [5, 5.41) is 0. The number of hydrogen-bond donors (Lipinski definition) is 0. The second kappa shape index (κ2) is 4.42. The van der Waals surface area contributed by atoms with Gasteiger partial charge < -0.3 is 4.40 Å². The first-order valence-electron chi connectivity index (χ1n) is 5.12. The Morgan fingerprint density at radius 1 is 1.12 bits per heavy atom. The first kappa shape index (κ1) is 11.2. The van der Waals surface area contributed by atoms with Gasteiger partial charge in [0.2, 0.25) is 0 Å². The van der Waals surface area contributed by atoms with Gasteiger partial charge in [-0.05, 0) is 46.9 Å². The Labute approximate surface area is 121 Å². The lowest BCUT2D eigenvalue weighted by atomic mass is 10.2. The number of imidazole rings is 1. The maximum Gasteiger partial charge on any atom is 0.137 e. The van der Waals surface area contributed by atoms with Crippen LogP contribution in [0.3, 0.4) is 0 Å². The molecule has 2 heterocycles. The number of rotatable bonds is 1. The lowest BCUT2D eigenvalue weighted by Crippen LogP contribution is -1.82. The molecular weight excluding hydrogens is 391 g/mol. The lowest BCUT2D eigenvalue weighted by molar-refractivity contribution is 1.17. The summed E-state index contributed by atoms with van der Waals surface area (Å²) in [6.45, 7) is 0. The maximum absolute atomic E-state index is 4.60. The van der Waals surface area contributed by atoms with E-state index in [-0.39, 0.29) is 0 Å². The van der Waals surface area contributed by atoms with Crippen molar-refractivity contribution in [2.24, 2.45) is 0 Å². The summed E-state index contributed by atoms with van der Waals surface area (Å²) in [7, 11) is 0. The lowest BCUT2D eigenvalue weighted by Gasteiger charge is -1.95. The van der Waals surface area contributed by atoms with Crippen LogP contribution in [0, 0.1) is 3.57 Å². The number of benzene rings is 1. The Kier molecular flexibility index (Phi) is 2.92. The van der Waals surface area contributed by atoms with Gasteiger partial charge in [0.05, 0.1) is 5.69 Å². The largest absolute Gasteiger partial charge is 0.305 e. The van der Waals surface area contributed by atoms with Crippen LogP contribution in [0.15, 0.2) is 53.3 Å². The monoisotopic (exact) mass is 398 g/mol. The van der Waals surface area contributed by atoms with Crippen molar-refractivity contribution in [1.29, 1.82) is 0 Å². The van der Waals surface area contributed by atoms with Crippen LogP contribution in [0.2, 0.25) is 0 Å².